The van der Waals surface area contributed by atoms with Crippen LogP contribution in [0.15, 0.2) is 97.2 Å². The number of ether oxygens (including phenoxy) is 3. The molecule has 4 aromatic rings. The maximum atomic E-state index is 6.04. The molecule has 0 unspecified atom stereocenters. The van der Waals surface area contributed by atoms with Crippen molar-refractivity contribution in [3.05, 3.63) is 103 Å². The molecule has 0 amide bonds. The summed E-state index contributed by atoms with van der Waals surface area (Å²) in [6.07, 6.45) is 1.72. The fourth-order valence-corrected chi connectivity index (χ4v) is 3.77. The van der Waals surface area contributed by atoms with Gasteiger partial charge in [-0.05, 0) is 42.0 Å². The molecule has 1 aromatic heterocycles. The molecule has 1 aliphatic heterocycles. The molecule has 1 N–H and O–H groups in total. The predicted molar refractivity (Wildman–Crippen MR) is 134 cm³/mol. The van der Waals surface area contributed by atoms with Crippen LogP contribution in [0.1, 0.15) is 5.56 Å². The van der Waals surface area contributed by atoms with Gasteiger partial charge in [0.1, 0.15) is 29.7 Å². The van der Waals surface area contributed by atoms with Gasteiger partial charge in [0.2, 0.25) is 0 Å². The molecule has 172 valence electrons. The van der Waals surface area contributed by atoms with Gasteiger partial charge < -0.3 is 24.4 Å². The van der Waals surface area contributed by atoms with Crippen LogP contribution in [0.4, 0.5) is 17.2 Å². The first-order chi connectivity index (χ1) is 16.8. The maximum Gasteiger partial charge on any atom is 0.145 e. The number of nitrogens with one attached hydrogen (secondary N) is 1. The van der Waals surface area contributed by atoms with Gasteiger partial charge in [0.25, 0.3) is 0 Å². The minimum absolute atomic E-state index is 0.529. The first kappa shape index (κ1) is 21.8. The zero-order valence-corrected chi connectivity index (χ0v) is 18.9. The van der Waals surface area contributed by atoms with Gasteiger partial charge in [0, 0.05) is 36.6 Å². The van der Waals surface area contributed by atoms with E-state index in [0.717, 1.165) is 60.6 Å². The van der Waals surface area contributed by atoms with Crippen molar-refractivity contribution >= 4 is 17.2 Å². The molecule has 0 bridgehead atoms. The van der Waals surface area contributed by atoms with Crippen LogP contribution in [0, 0.1) is 0 Å². The van der Waals surface area contributed by atoms with Crippen molar-refractivity contribution in [3.8, 4) is 17.2 Å². The molecule has 5 rings (SSSR count). The SMILES string of the molecule is c1ccc(COc2cccc(Nc3ccc(Oc4cccc(N5CCOCC5)c4)cn3)c2)cc1. The summed E-state index contributed by atoms with van der Waals surface area (Å²) in [5.41, 5.74) is 3.18. The molecular formula is C28H27N3O3. The van der Waals surface area contributed by atoms with Crippen LogP contribution in [-0.2, 0) is 11.3 Å². The van der Waals surface area contributed by atoms with E-state index >= 15 is 0 Å². The number of hydrogen-bond acceptors (Lipinski definition) is 6. The van der Waals surface area contributed by atoms with Crippen molar-refractivity contribution in [2.75, 3.05) is 36.5 Å². The first-order valence-electron chi connectivity index (χ1n) is 11.4. The molecule has 0 spiro atoms. The van der Waals surface area contributed by atoms with Gasteiger partial charge in [-0.1, -0.05) is 42.5 Å². The molecule has 1 aliphatic rings. The van der Waals surface area contributed by atoms with E-state index in [4.69, 9.17) is 14.2 Å². The highest BCUT2D eigenvalue weighted by molar-refractivity contribution is 5.58. The quantitative estimate of drug-likeness (QED) is 0.351. The van der Waals surface area contributed by atoms with E-state index in [9.17, 15) is 0 Å². The van der Waals surface area contributed by atoms with E-state index < -0.39 is 0 Å². The topological polar surface area (TPSA) is 55.8 Å². The highest BCUT2D eigenvalue weighted by atomic mass is 16.5. The molecule has 0 radical (unpaired) electrons. The van der Waals surface area contributed by atoms with Gasteiger partial charge in [-0.3, -0.25) is 0 Å². The van der Waals surface area contributed by atoms with Crippen molar-refractivity contribution in [3.63, 3.8) is 0 Å². The van der Waals surface area contributed by atoms with Crippen LogP contribution in [0.2, 0.25) is 0 Å². The Bertz CT molecular complexity index is 1190. The second-order valence-electron chi connectivity index (χ2n) is 8.01. The number of nitrogens with zero attached hydrogens (tertiary/aromatic N) is 2. The van der Waals surface area contributed by atoms with Gasteiger partial charge in [-0.25, -0.2) is 4.98 Å². The Labute approximate surface area is 199 Å². The Morgan fingerprint density at radius 1 is 0.794 bits per heavy atom. The van der Waals surface area contributed by atoms with Crippen molar-refractivity contribution in [2.45, 2.75) is 6.61 Å². The van der Waals surface area contributed by atoms with E-state index in [0.29, 0.717) is 12.4 Å². The number of morpholine rings is 1. The van der Waals surface area contributed by atoms with Gasteiger partial charge >= 0.3 is 0 Å². The Morgan fingerprint density at radius 3 is 2.44 bits per heavy atom. The van der Waals surface area contributed by atoms with Crippen molar-refractivity contribution in [1.82, 2.24) is 4.98 Å². The van der Waals surface area contributed by atoms with Crippen molar-refractivity contribution in [2.24, 2.45) is 0 Å². The van der Waals surface area contributed by atoms with E-state index in [-0.39, 0.29) is 0 Å². The summed E-state index contributed by atoms with van der Waals surface area (Å²) in [6.45, 7) is 3.83. The summed E-state index contributed by atoms with van der Waals surface area (Å²) in [7, 11) is 0. The number of rotatable bonds is 8. The van der Waals surface area contributed by atoms with E-state index in [1.54, 1.807) is 6.20 Å². The molecule has 2 heterocycles. The third-order valence-corrected chi connectivity index (χ3v) is 5.52. The molecule has 1 fully saturated rings. The average Bonchev–Trinajstić information content (AvgIpc) is 2.90. The molecule has 3 aromatic carbocycles. The minimum Gasteiger partial charge on any atom is -0.489 e. The van der Waals surface area contributed by atoms with Crippen molar-refractivity contribution in [1.29, 1.82) is 0 Å². The summed E-state index contributed by atoms with van der Waals surface area (Å²) >= 11 is 0. The third-order valence-electron chi connectivity index (χ3n) is 5.52. The van der Waals surface area contributed by atoms with E-state index in [1.165, 1.54) is 0 Å². The predicted octanol–water partition coefficient (Wildman–Crippen LogP) is 6.03. The molecule has 6 heteroatoms. The molecule has 0 atom stereocenters. The zero-order chi connectivity index (χ0) is 23.0. The number of anilines is 3. The van der Waals surface area contributed by atoms with E-state index in [1.807, 2.05) is 66.7 Å². The van der Waals surface area contributed by atoms with Crippen LogP contribution in [-0.4, -0.2) is 31.3 Å². The Balaban J connectivity index is 1.19. The number of pyridine rings is 1. The van der Waals surface area contributed by atoms with Crippen LogP contribution in [0.3, 0.4) is 0 Å². The molecule has 34 heavy (non-hydrogen) atoms. The Hall–Kier alpha value is -4.03. The molecule has 0 saturated carbocycles. The molecular weight excluding hydrogens is 426 g/mol. The van der Waals surface area contributed by atoms with Crippen LogP contribution in [0.25, 0.3) is 0 Å². The van der Waals surface area contributed by atoms with Gasteiger partial charge in [0.15, 0.2) is 0 Å². The second kappa shape index (κ2) is 10.7. The molecule has 0 aliphatic carbocycles. The first-order valence-corrected chi connectivity index (χ1v) is 11.4. The maximum absolute atomic E-state index is 6.04. The standard InChI is InChI=1S/C28H27N3O3/c1-2-6-22(7-3-1)21-33-25-10-4-8-23(18-25)30-28-13-12-27(20-29-28)34-26-11-5-9-24(19-26)31-14-16-32-17-15-31/h1-13,18-20H,14-17,21H2,(H,29,30). The lowest BCUT2D eigenvalue weighted by atomic mass is 10.2. The van der Waals surface area contributed by atoms with Gasteiger partial charge in [0.05, 0.1) is 19.4 Å². The number of benzene rings is 3. The number of hydrogen-bond donors (Lipinski definition) is 1. The third kappa shape index (κ3) is 5.85. The molecule has 1 saturated heterocycles. The second-order valence-corrected chi connectivity index (χ2v) is 8.01. The number of aromatic nitrogens is 1. The van der Waals surface area contributed by atoms with Crippen LogP contribution in [0.5, 0.6) is 17.2 Å². The van der Waals surface area contributed by atoms with Crippen LogP contribution < -0.4 is 19.7 Å². The van der Waals surface area contributed by atoms with E-state index in [2.05, 4.69) is 39.5 Å². The highest BCUT2D eigenvalue weighted by Gasteiger charge is 2.12. The zero-order valence-electron chi connectivity index (χ0n) is 18.9. The largest absolute Gasteiger partial charge is 0.489 e. The van der Waals surface area contributed by atoms with Gasteiger partial charge in [-0.2, -0.15) is 0 Å². The fourth-order valence-electron chi connectivity index (χ4n) is 3.77. The Morgan fingerprint density at radius 2 is 1.62 bits per heavy atom. The smallest absolute Gasteiger partial charge is 0.145 e. The lowest BCUT2D eigenvalue weighted by molar-refractivity contribution is 0.122. The molecule has 6 nitrogen and oxygen atoms in total. The lowest BCUT2D eigenvalue weighted by Crippen LogP contribution is -2.36. The summed E-state index contributed by atoms with van der Waals surface area (Å²) in [4.78, 5) is 6.81. The average molecular weight is 454 g/mol. The summed E-state index contributed by atoms with van der Waals surface area (Å²) < 4.78 is 17.4. The minimum atomic E-state index is 0.529. The lowest BCUT2D eigenvalue weighted by Gasteiger charge is -2.29. The Kier molecular flexibility index (Phi) is 6.88. The van der Waals surface area contributed by atoms with Crippen molar-refractivity contribution < 1.29 is 14.2 Å². The summed E-state index contributed by atoms with van der Waals surface area (Å²) in [6, 6.07) is 29.9. The fraction of sp³-hybridized carbons (Fsp3) is 0.179. The monoisotopic (exact) mass is 453 g/mol. The normalized spacial score (nSPS) is 13.4. The highest BCUT2D eigenvalue weighted by Crippen LogP contribution is 2.27. The van der Waals surface area contributed by atoms with Crippen LogP contribution >= 0.6 is 0 Å². The summed E-state index contributed by atoms with van der Waals surface area (Å²) in [5.74, 6) is 3.00. The summed E-state index contributed by atoms with van der Waals surface area (Å²) in [5, 5.41) is 3.32. The van der Waals surface area contributed by atoms with Gasteiger partial charge in [-0.15, -0.1) is 0 Å².